The van der Waals surface area contributed by atoms with Crippen molar-refractivity contribution in [1.82, 2.24) is 21.2 Å². The van der Waals surface area contributed by atoms with Crippen LogP contribution < -0.4 is 26.3 Å². The third-order valence-electron chi connectivity index (χ3n) is 4.50. The van der Waals surface area contributed by atoms with Gasteiger partial charge < -0.3 is 14.6 Å². The number of aliphatic hydroxyl groups is 1. The van der Waals surface area contributed by atoms with Crippen molar-refractivity contribution in [3.05, 3.63) is 43.7 Å². The quantitative estimate of drug-likeness (QED) is 0.156. The highest BCUT2D eigenvalue weighted by atomic mass is 35.5. The Morgan fingerprint density at radius 1 is 1.41 bits per heavy atom. The van der Waals surface area contributed by atoms with Crippen molar-refractivity contribution < 1.29 is 24.2 Å². The number of H-pyrrole nitrogens is 1. The number of carbonyl (C=O) groups excluding carboxylic acids is 2. The zero-order valence-corrected chi connectivity index (χ0v) is 18.0. The molecule has 0 spiro atoms. The molecule has 1 aliphatic carbocycles. The second-order valence-electron chi connectivity index (χ2n) is 6.56. The predicted molar refractivity (Wildman–Crippen MR) is 111 cm³/mol. The van der Waals surface area contributed by atoms with Crippen LogP contribution in [-0.4, -0.2) is 34.0 Å². The van der Waals surface area contributed by atoms with Gasteiger partial charge in [0.2, 0.25) is 12.1 Å². The summed E-state index contributed by atoms with van der Waals surface area (Å²) in [6, 6.07) is 2.64. The van der Waals surface area contributed by atoms with Gasteiger partial charge in [-0.3, -0.25) is 9.59 Å². The van der Waals surface area contributed by atoms with E-state index in [9.17, 15) is 24.8 Å². The number of aromatic nitrogens is 2. The minimum atomic E-state index is -1.13. The summed E-state index contributed by atoms with van der Waals surface area (Å²) in [6.07, 6.45) is 1.65. The first-order valence-electron chi connectivity index (χ1n) is 9.08. The van der Waals surface area contributed by atoms with E-state index < -0.39 is 17.6 Å². The van der Waals surface area contributed by atoms with Crippen molar-refractivity contribution in [2.24, 2.45) is 0 Å². The average molecular weight is 483 g/mol. The van der Waals surface area contributed by atoms with Gasteiger partial charge >= 0.3 is 12.1 Å². The van der Waals surface area contributed by atoms with E-state index in [0.717, 1.165) is 11.9 Å². The molecule has 0 saturated carbocycles. The lowest BCUT2D eigenvalue weighted by atomic mass is 10.1. The normalized spacial score (nSPS) is 14.3. The van der Waals surface area contributed by atoms with Gasteiger partial charge in [0, 0.05) is 24.0 Å². The number of nitrogens with zero attached hydrogens (tertiary/aromatic N) is 3. The van der Waals surface area contributed by atoms with Gasteiger partial charge in [-0.15, -0.1) is 10.6 Å². The van der Waals surface area contributed by atoms with Crippen LogP contribution in [0.3, 0.4) is 0 Å². The number of ether oxygens (including phenoxy) is 2. The molecule has 2 aromatic rings. The molecular weight excluding hydrogens is 467 g/mol. The Hall–Kier alpha value is -3.37. The Labute approximate surface area is 190 Å². The number of carbonyl (C=O) groups is 2. The van der Waals surface area contributed by atoms with E-state index >= 15 is 0 Å². The Bertz CT molecular complexity index is 1140. The molecular formula is C18H16Cl2N6O6. The molecule has 1 unspecified atom stereocenters. The number of hydrogen-bond donors (Lipinski definition) is 4. The summed E-state index contributed by atoms with van der Waals surface area (Å²) in [5, 5.41) is 25.9. The van der Waals surface area contributed by atoms with Gasteiger partial charge in [0.15, 0.2) is 5.75 Å². The molecule has 3 rings (SSSR count). The minimum Gasteiger partial charge on any atom is -0.434 e. The van der Waals surface area contributed by atoms with Crippen LogP contribution in [0.15, 0.2) is 16.9 Å². The summed E-state index contributed by atoms with van der Waals surface area (Å²) in [6.45, 7) is 0.858. The topological polar surface area (TPSA) is 170 Å². The van der Waals surface area contributed by atoms with Crippen LogP contribution in [0, 0.1) is 11.5 Å². The molecule has 0 aliphatic heterocycles. The molecule has 0 fully saturated rings. The molecule has 32 heavy (non-hydrogen) atoms. The largest absolute Gasteiger partial charge is 0.434 e. The lowest BCUT2D eigenvalue weighted by Gasteiger charge is -2.19. The summed E-state index contributed by atoms with van der Waals surface area (Å²) in [5.74, 6) is -1.04. The predicted octanol–water partition coefficient (Wildman–Crippen LogP) is 1.87. The smallest absolute Gasteiger partial charge is 0.430 e. The Balaban J connectivity index is 1.84. The first kappa shape index (κ1) is 23.3. The fourth-order valence-corrected chi connectivity index (χ4v) is 3.71. The van der Waals surface area contributed by atoms with E-state index in [1.165, 1.54) is 12.1 Å². The number of esters is 1. The first-order valence-corrected chi connectivity index (χ1v) is 9.83. The monoisotopic (exact) mass is 482 g/mol. The molecule has 1 heterocycles. The van der Waals surface area contributed by atoms with E-state index in [2.05, 4.69) is 20.5 Å². The van der Waals surface area contributed by atoms with Crippen molar-refractivity contribution in [2.45, 2.75) is 25.7 Å². The SMILES string of the molecule is CC(=O)OC(=O)NNN(C#N)c1cc(Cl)c(Oc2n[nH]c(=O)c3c2CCC3CO)c(Cl)c1. The van der Waals surface area contributed by atoms with Crippen LogP contribution in [0.25, 0.3) is 0 Å². The van der Waals surface area contributed by atoms with E-state index in [4.69, 9.17) is 27.9 Å². The van der Waals surface area contributed by atoms with Crippen molar-refractivity contribution in [2.75, 3.05) is 11.6 Å². The highest BCUT2D eigenvalue weighted by Crippen LogP contribution is 2.42. The summed E-state index contributed by atoms with van der Waals surface area (Å²) in [7, 11) is 0. The number of amides is 1. The maximum Gasteiger partial charge on any atom is 0.430 e. The van der Waals surface area contributed by atoms with Crippen LogP contribution in [0.4, 0.5) is 10.5 Å². The fourth-order valence-electron chi connectivity index (χ4n) is 3.16. The van der Waals surface area contributed by atoms with Gasteiger partial charge in [0.25, 0.3) is 5.56 Å². The molecule has 1 aliphatic rings. The Morgan fingerprint density at radius 2 is 2.09 bits per heavy atom. The number of hydrazine groups is 2. The highest BCUT2D eigenvalue weighted by molar-refractivity contribution is 6.37. The van der Waals surface area contributed by atoms with Crippen LogP contribution in [0.5, 0.6) is 11.6 Å². The number of aromatic amines is 1. The molecule has 12 nitrogen and oxygen atoms in total. The number of rotatable bonds is 6. The maximum atomic E-state index is 12.1. The van der Waals surface area contributed by atoms with Crippen LogP contribution in [0.2, 0.25) is 10.0 Å². The van der Waals surface area contributed by atoms with E-state index in [1.807, 2.05) is 5.43 Å². The minimum absolute atomic E-state index is 0.000632. The number of anilines is 1. The molecule has 0 radical (unpaired) electrons. The number of hydrogen-bond acceptors (Lipinski definition) is 10. The van der Waals surface area contributed by atoms with Crippen molar-refractivity contribution >= 4 is 41.0 Å². The summed E-state index contributed by atoms with van der Waals surface area (Å²) in [4.78, 5) is 34.3. The van der Waals surface area contributed by atoms with Crippen LogP contribution in [-0.2, 0) is 16.0 Å². The molecule has 168 valence electrons. The van der Waals surface area contributed by atoms with E-state index in [0.29, 0.717) is 24.0 Å². The van der Waals surface area contributed by atoms with E-state index in [-0.39, 0.29) is 39.9 Å². The standard InChI is InChI=1S/C18H16Cl2N6O6/c1-8(28)31-18(30)24-25-26(7-21)10-4-12(19)15(13(20)5-10)32-17-11-3-2-9(6-27)14(11)16(29)22-23-17/h4-5,9,25,27H,2-3,6H2,1H3,(H,22,29)(H,24,30). The van der Waals surface area contributed by atoms with Crippen molar-refractivity contribution in [3.63, 3.8) is 0 Å². The van der Waals surface area contributed by atoms with Gasteiger partial charge in [-0.05, 0) is 25.0 Å². The third-order valence-corrected chi connectivity index (χ3v) is 5.07. The number of fused-ring (bicyclic) bond motifs is 1. The second-order valence-corrected chi connectivity index (χ2v) is 7.38. The number of nitriles is 1. The summed E-state index contributed by atoms with van der Waals surface area (Å²) in [5.41, 5.74) is 4.90. The second kappa shape index (κ2) is 9.84. The average Bonchev–Trinajstić information content (AvgIpc) is 3.17. The number of nitrogens with one attached hydrogen (secondary N) is 3. The first-order chi connectivity index (χ1) is 15.2. The van der Waals surface area contributed by atoms with Gasteiger partial charge in [-0.1, -0.05) is 23.2 Å². The molecule has 4 N–H and O–H groups in total. The van der Waals surface area contributed by atoms with Crippen molar-refractivity contribution in [3.8, 4) is 17.8 Å². The molecule has 1 atom stereocenters. The molecule has 0 saturated heterocycles. The van der Waals surface area contributed by atoms with Gasteiger partial charge in [0.05, 0.1) is 22.3 Å². The third kappa shape index (κ3) is 4.92. The number of benzene rings is 1. The molecule has 1 aromatic heterocycles. The molecule has 1 amide bonds. The zero-order valence-electron chi connectivity index (χ0n) is 16.4. The zero-order chi connectivity index (χ0) is 23.4. The molecule has 14 heteroatoms. The Kier molecular flexibility index (Phi) is 7.16. The van der Waals surface area contributed by atoms with Gasteiger partial charge in [-0.25, -0.2) is 15.3 Å². The van der Waals surface area contributed by atoms with Gasteiger partial charge in [-0.2, -0.15) is 10.3 Å². The summed E-state index contributed by atoms with van der Waals surface area (Å²) < 4.78 is 10.0. The lowest BCUT2D eigenvalue weighted by molar-refractivity contribution is -0.134. The number of aliphatic hydroxyl groups excluding tert-OH is 1. The van der Waals surface area contributed by atoms with Crippen LogP contribution in [0.1, 0.15) is 30.4 Å². The summed E-state index contributed by atoms with van der Waals surface area (Å²) >= 11 is 12.6. The van der Waals surface area contributed by atoms with Crippen molar-refractivity contribution in [1.29, 1.82) is 5.26 Å². The Morgan fingerprint density at radius 3 is 2.69 bits per heavy atom. The maximum absolute atomic E-state index is 12.1. The van der Waals surface area contributed by atoms with Crippen LogP contribution >= 0.6 is 23.2 Å². The highest BCUT2D eigenvalue weighted by Gasteiger charge is 2.30. The lowest BCUT2D eigenvalue weighted by Crippen LogP contribution is -2.48. The molecule has 0 bridgehead atoms. The van der Waals surface area contributed by atoms with Gasteiger partial charge in [0.1, 0.15) is 0 Å². The fraction of sp³-hybridized carbons (Fsp3) is 0.278. The number of halogens is 2. The molecule has 1 aromatic carbocycles. The van der Waals surface area contributed by atoms with E-state index in [1.54, 1.807) is 6.19 Å².